The zero-order chi connectivity index (χ0) is 22.2. The Balaban J connectivity index is 0. The van der Waals surface area contributed by atoms with E-state index in [2.05, 4.69) is 6.58 Å². The summed E-state index contributed by atoms with van der Waals surface area (Å²) in [5.41, 5.74) is 0. The Hall–Kier alpha value is 0.1000. The third kappa shape index (κ3) is 24.1. The van der Waals surface area contributed by atoms with E-state index < -0.39 is 29.7 Å². The number of ether oxygens (including phenoxy) is 2. The van der Waals surface area contributed by atoms with Gasteiger partial charge in [-0.05, 0) is 34.4 Å². The van der Waals surface area contributed by atoms with Crippen LogP contribution in [0, 0.1) is 0 Å². The Labute approximate surface area is 174 Å². The van der Waals surface area contributed by atoms with Crippen LogP contribution in [0.15, 0.2) is 12.7 Å². The number of aliphatic hydroxyl groups excluding tert-OH is 2. The van der Waals surface area contributed by atoms with Crippen LogP contribution in [0.3, 0.4) is 0 Å². The van der Waals surface area contributed by atoms with Gasteiger partial charge in [0.1, 0.15) is 18.3 Å². The first-order chi connectivity index (χ1) is 12.8. The van der Waals surface area contributed by atoms with Crippen LogP contribution in [0.5, 0.6) is 0 Å². The molecule has 0 radical (unpaired) electrons. The number of rotatable bonds is 15. The van der Waals surface area contributed by atoms with E-state index in [1.807, 2.05) is 6.92 Å². The molecule has 0 aromatic rings. The average Bonchev–Trinajstić information content (AvgIpc) is 2.58. The number of hydrogen-bond donors (Lipinski definition) is 2. The third-order valence-electron chi connectivity index (χ3n) is 2.75. The molecule has 0 aliphatic heterocycles. The van der Waals surface area contributed by atoms with Gasteiger partial charge in [-0.3, -0.25) is 0 Å². The topological polar surface area (TPSA) is 173 Å². The van der Waals surface area contributed by atoms with E-state index in [1.54, 1.807) is 13.0 Å². The molecule has 10 nitrogen and oxygen atoms in total. The minimum atomic E-state index is -4.63. The second-order valence-electron chi connectivity index (χ2n) is 5.31. The highest BCUT2D eigenvalue weighted by Gasteiger charge is 2.16. The van der Waals surface area contributed by atoms with Crippen LogP contribution < -0.4 is 0 Å². The van der Waals surface area contributed by atoms with Gasteiger partial charge in [-0.1, -0.05) is 19.9 Å². The Morgan fingerprint density at radius 2 is 1.46 bits per heavy atom. The molecule has 0 saturated carbocycles. The molecule has 0 aromatic heterocycles. The fraction of sp³-hybridized carbons (Fsp3) is 0.857. The highest BCUT2D eigenvalue weighted by atomic mass is 33.2. The molecule has 0 saturated heterocycles. The lowest BCUT2D eigenvalue weighted by atomic mass is 10.3. The maximum absolute atomic E-state index is 10.6. The number of aliphatic hydroxyl groups is 2. The zero-order valence-corrected chi connectivity index (χ0v) is 19.0. The molecule has 0 bridgehead atoms. The predicted octanol–water partition coefficient (Wildman–Crippen LogP) is 0.489. The van der Waals surface area contributed by atoms with Crippen molar-refractivity contribution in [2.45, 2.75) is 44.1 Å². The Morgan fingerprint density at radius 3 is 1.86 bits per heavy atom. The summed E-state index contributed by atoms with van der Waals surface area (Å²) in [4.78, 5) is 0. The molecular weight excluding hydrogens is 456 g/mol. The van der Waals surface area contributed by atoms with Crippen molar-refractivity contribution in [1.29, 1.82) is 0 Å². The third-order valence-corrected chi connectivity index (χ3v) is 7.40. The normalized spacial score (nSPS) is 15.2. The van der Waals surface area contributed by atoms with Crippen LogP contribution in [0.1, 0.15) is 26.7 Å². The summed E-state index contributed by atoms with van der Waals surface area (Å²) in [5, 5.41) is 17.1. The van der Waals surface area contributed by atoms with Crippen molar-refractivity contribution >= 4 is 39.9 Å². The smallest absolute Gasteiger partial charge is 0.149 e. The van der Waals surface area contributed by atoms with Crippen molar-refractivity contribution < 1.29 is 45.6 Å². The Kier molecular flexibility index (Phi) is 18.2. The van der Waals surface area contributed by atoms with E-state index in [-0.39, 0.29) is 46.7 Å². The van der Waals surface area contributed by atoms with Crippen LogP contribution >= 0.6 is 21.6 Å². The van der Waals surface area contributed by atoms with Gasteiger partial charge in [0, 0.05) is 5.75 Å². The fourth-order valence-corrected chi connectivity index (χ4v) is 5.53. The van der Waals surface area contributed by atoms with E-state index in [4.69, 9.17) is 14.6 Å². The van der Waals surface area contributed by atoms with E-state index in [9.17, 15) is 31.0 Å². The first-order valence-corrected chi connectivity index (χ1v) is 13.9. The van der Waals surface area contributed by atoms with Gasteiger partial charge in [-0.2, -0.15) is 0 Å². The minimum absolute atomic E-state index is 0.00305. The summed E-state index contributed by atoms with van der Waals surface area (Å²) in [5.74, 6) is -0.389. The predicted molar refractivity (Wildman–Crippen MR) is 108 cm³/mol. The van der Waals surface area contributed by atoms with Crippen LogP contribution in [0.2, 0.25) is 0 Å². The first-order valence-electron chi connectivity index (χ1n) is 8.21. The fourth-order valence-electron chi connectivity index (χ4n) is 1.29. The van der Waals surface area contributed by atoms with E-state index in [0.717, 1.165) is 6.42 Å². The van der Waals surface area contributed by atoms with E-state index in [1.165, 1.54) is 0 Å². The van der Waals surface area contributed by atoms with Crippen molar-refractivity contribution in [3.63, 3.8) is 0 Å². The summed E-state index contributed by atoms with van der Waals surface area (Å²) in [6, 6.07) is 0. The lowest BCUT2D eigenvalue weighted by Gasteiger charge is -2.19. The molecule has 0 aromatic carbocycles. The molecule has 3 unspecified atom stereocenters. The van der Waals surface area contributed by atoms with Gasteiger partial charge >= 0.3 is 0 Å². The molecule has 0 heterocycles. The van der Waals surface area contributed by atoms with Crippen LogP contribution in [0.4, 0.5) is 0 Å². The average molecular weight is 485 g/mol. The molecule has 2 N–H and O–H groups in total. The molecular formula is C14H28O10S4-2. The summed E-state index contributed by atoms with van der Waals surface area (Å²) in [6.45, 7) is 7.72. The molecule has 0 amide bonds. The van der Waals surface area contributed by atoms with Gasteiger partial charge in [0.15, 0.2) is 0 Å². The van der Waals surface area contributed by atoms with Gasteiger partial charge in [-0.15, -0.1) is 6.58 Å². The summed E-state index contributed by atoms with van der Waals surface area (Å²) >= 11 is 0. The maximum Gasteiger partial charge on any atom is 0.149 e. The second-order valence-corrected chi connectivity index (χ2v) is 12.1. The van der Waals surface area contributed by atoms with Gasteiger partial charge in [0.2, 0.25) is 0 Å². The molecule has 14 heteroatoms. The zero-order valence-electron chi connectivity index (χ0n) is 15.8. The van der Waals surface area contributed by atoms with Gasteiger partial charge < -0.3 is 28.8 Å². The monoisotopic (exact) mass is 484 g/mol. The maximum atomic E-state index is 10.6. The van der Waals surface area contributed by atoms with E-state index in [0.29, 0.717) is 19.6 Å². The van der Waals surface area contributed by atoms with Crippen molar-refractivity contribution in [2.24, 2.45) is 0 Å². The van der Waals surface area contributed by atoms with Gasteiger partial charge in [0.05, 0.1) is 43.9 Å². The van der Waals surface area contributed by atoms with E-state index >= 15 is 0 Å². The Bertz CT molecular complexity index is 593. The highest BCUT2D eigenvalue weighted by Crippen LogP contribution is 2.24. The van der Waals surface area contributed by atoms with Crippen LogP contribution in [-0.2, 0) is 27.8 Å². The quantitative estimate of drug-likeness (QED) is 0.143. The molecule has 170 valence electrons. The largest absolute Gasteiger partial charge is 0.739 e. The summed E-state index contributed by atoms with van der Waals surface area (Å²) < 4.78 is 73.0. The van der Waals surface area contributed by atoms with Crippen LogP contribution in [-0.4, -0.2) is 85.8 Å². The van der Waals surface area contributed by atoms with Crippen molar-refractivity contribution in [3.05, 3.63) is 12.7 Å². The van der Waals surface area contributed by atoms with Gasteiger partial charge in [0.25, 0.3) is 0 Å². The van der Waals surface area contributed by atoms with Gasteiger partial charge in [-0.25, -0.2) is 16.8 Å². The highest BCUT2D eigenvalue weighted by molar-refractivity contribution is 8.71. The molecule has 0 rings (SSSR count). The lowest BCUT2D eigenvalue weighted by molar-refractivity contribution is 0.0371. The lowest BCUT2D eigenvalue weighted by Crippen LogP contribution is -2.22. The molecule has 28 heavy (non-hydrogen) atoms. The van der Waals surface area contributed by atoms with Crippen molar-refractivity contribution in [2.75, 3.05) is 32.2 Å². The minimum Gasteiger partial charge on any atom is -0.739 e. The molecule has 0 spiro atoms. The second kappa shape index (κ2) is 16.8. The molecule has 0 fully saturated rings. The summed E-state index contributed by atoms with van der Waals surface area (Å²) in [6.07, 6.45) is 1.80. The van der Waals surface area contributed by atoms with Crippen LogP contribution in [0.25, 0.3) is 0 Å². The van der Waals surface area contributed by atoms with Crippen molar-refractivity contribution in [3.8, 4) is 0 Å². The molecule has 0 aliphatic carbocycles. The standard InChI is InChI=1S/C7H16O8S4.C7H14O2/c1-2-6(8)3-15-4-7(17-19(12,13)14)5-16-18(9,10)11;1-3-5-9-6-7(8)4-2/h6-8H,2-5H2,1H3,(H,9,10,11)(H,12,13,14);3,7-8H,1,4-6H2,2H3/p-2. The first kappa shape index (κ1) is 30.3. The SMILES string of the molecule is C=CCOCC(O)CC.CCC(O)COCC(CSS(=O)(=O)[O-])SS(=O)(=O)[O-]. The Morgan fingerprint density at radius 1 is 0.964 bits per heavy atom. The molecule has 0 aliphatic rings. The number of hydrogen-bond acceptors (Lipinski definition) is 12. The molecule has 3 atom stereocenters. The van der Waals surface area contributed by atoms with Crippen molar-refractivity contribution in [1.82, 2.24) is 0 Å². The summed E-state index contributed by atoms with van der Waals surface area (Å²) in [7, 11) is -9.22.